The van der Waals surface area contributed by atoms with Gasteiger partial charge in [0, 0.05) is 36.7 Å². The Kier molecular flexibility index (Phi) is 8.46. The van der Waals surface area contributed by atoms with Gasteiger partial charge in [0.25, 0.3) is 0 Å². The molecule has 4 rings (SSSR count). The van der Waals surface area contributed by atoms with E-state index >= 15 is 4.39 Å². The van der Waals surface area contributed by atoms with Crippen molar-refractivity contribution in [3.05, 3.63) is 89.2 Å². The lowest BCUT2D eigenvalue weighted by Gasteiger charge is -2.23. The number of carbonyl (C=O) groups excluding carboxylic acids is 1. The number of rotatable bonds is 8. The number of nitrogens with one attached hydrogen (secondary N) is 1. The molecule has 1 amide bonds. The Bertz CT molecular complexity index is 1470. The van der Waals surface area contributed by atoms with E-state index in [0.29, 0.717) is 17.7 Å². The molecule has 3 N–H and O–H groups in total. The summed E-state index contributed by atoms with van der Waals surface area (Å²) in [7, 11) is 1.43. The number of ether oxygens (including phenoxy) is 1. The van der Waals surface area contributed by atoms with Crippen molar-refractivity contribution in [1.29, 1.82) is 0 Å². The fourth-order valence-electron chi connectivity index (χ4n) is 4.96. The molecule has 1 aromatic heterocycles. The first-order chi connectivity index (χ1) is 19.0. The lowest BCUT2D eigenvalue weighted by molar-refractivity contribution is -0.117. The van der Waals surface area contributed by atoms with E-state index in [9.17, 15) is 22.4 Å². The van der Waals surface area contributed by atoms with Gasteiger partial charge in [-0.1, -0.05) is 13.5 Å². The van der Waals surface area contributed by atoms with Crippen LogP contribution in [0.25, 0.3) is 0 Å². The number of nitrogen functional groups attached to an aromatic ring is 1. The highest BCUT2D eigenvalue weighted by Crippen LogP contribution is 2.39. The number of amides is 1. The van der Waals surface area contributed by atoms with Crippen LogP contribution in [0.5, 0.6) is 11.5 Å². The Labute approximate surface area is 227 Å². The molecular formula is C28H26F5N5O2. The summed E-state index contributed by atoms with van der Waals surface area (Å²) in [6.45, 7) is 5.43. The van der Waals surface area contributed by atoms with Crippen molar-refractivity contribution < 1.29 is 31.5 Å². The highest BCUT2D eigenvalue weighted by Gasteiger charge is 2.33. The quantitative estimate of drug-likeness (QED) is 0.162. The molecule has 1 fully saturated rings. The van der Waals surface area contributed by atoms with Gasteiger partial charge in [-0.3, -0.25) is 9.79 Å². The standard InChI is InChI=1S/C28H26F5N5O2/c1-4-21(39)38-15-6-5-14(9-15)13(2)25-22(28(34)37-12-36-25)26(35-3)17-8-7-16(10-18(17)29)40-27-23(32)19(30)11-20(31)24(27)33/h4,7-8,10-15H,1,5-6,9H2,2-3H3,(H,38,39)(H2,34,36,37). The zero-order valence-corrected chi connectivity index (χ0v) is 21.6. The molecule has 1 aliphatic carbocycles. The van der Waals surface area contributed by atoms with E-state index in [-0.39, 0.29) is 46.9 Å². The van der Waals surface area contributed by atoms with Gasteiger partial charge in [0.1, 0.15) is 23.7 Å². The van der Waals surface area contributed by atoms with Crippen molar-refractivity contribution >= 4 is 17.4 Å². The number of benzene rings is 2. The van der Waals surface area contributed by atoms with Gasteiger partial charge in [-0.2, -0.15) is 8.78 Å². The molecule has 0 bridgehead atoms. The van der Waals surface area contributed by atoms with Crippen LogP contribution < -0.4 is 15.8 Å². The molecule has 0 saturated heterocycles. The molecule has 3 aromatic rings. The number of nitrogens with two attached hydrogens (primary N) is 1. The minimum Gasteiger partial charge on any atom is -0.451 e. The average Bonchev–Trinajstić information content (AvgIpc) is 3.40. The first kappa shape index (κ1) is 28.7. The van der Waals surface area contributed by atoms with Crippen LogP contribution in [-0.2, 0) is 4.79 Å². The van der Waals surface area contributed by atoms with Crippen LogP contribution in [0, 0.1) is 35.0 Å². The van der Waals surface area contributed by atoms with E-state index in [1.165, 1.54) is 25.5 Å². The first-order valence-electron chi connectivity index (χ1n) is 12.4. The van der Waals surface area contributed by atoms with Gasteiger partial charge in [-0.05, 0) is 43.4 Å². The predicted octanol–water partition coefficient (Wildman–Crippen LogP) is 5.59. The Morgan fingerprint density at radius 1 is 1.12 bits per heavy atom. The van der Waals surface area contributed by atoms with Crippen LogP contribution in [0.3, 0.4) is 0 Å². The van der Waals surface area contributed by atoms with E-state index in [1.54, 1.807) is 0 Å². The van der Waals surface area contributed by atoms with E-state index < -0.39 is 40.6 Å². The maximum absolute atomic E-state index is 15.4. The summed E-state index contributed by atoms with van der Waals surface area (Å²) in [6.07, 6.45) is 4.79. The predicted molar refractivity (Wildman–Crippen MR) is 139 cm³/mol. The smallest absolute Gasteiger partial charge is 0.243 e. The molecule has 0 spiro atoms. The van der Waals surface area contributed by atoms with Gasteiger partial charge in [-0.25, -0.2) is 23.1 Å². The maximum Gasteiger partial charge on any atom is 0.243 e. The number of hydrogen-bond acceptors (Lipinski definition) is 6. The van der Waals surface area contributed by atoms with Gasteiger partial charge in [0.15, 0.2) is 11.6 Å². The Morgan fingerprint density at radius 2 is 1.82 bits per heavy atom. The normalized spacial score (nSPS) is 17.9. The fourth-order valence-corrected chi connectivity index (χ4v) is 4.96. The summed E-state index contributed by atoms with van der Waals surface area (Å²) in [5.41, 5.74) is 7.15. The third-order valence-corrected chi connectivity index (χ3v) is 7.00. The number of anilines is 1. The van der Waals surface area contributed by atoms with Crippen molar-refractivity contribution in [1.82, 2.24) is 15.3 Å². The zero-order valence-electron chi connectivity index (χ0n) is 21.6. The second kappa shape index (κ2) is 11.8. The summed E-state index contributed by atoms with van der Waals surface area (Å²) in [6, 6.07) is 3.22. The number of hydrogen-bond donors (Lipinski definition) is 2. The highest BCUT2D eigenvalue weighted by molar-refractivity contribution is 6.16. The molecule has 0 aliphatic heterocycles. The summed E-state index contributed by atoms with van der Waals surface area (Å²) in [5, 5.41) is 2.91. The third-order valence-electron chi connectivity index (χ3n) is 7.00. The molecule has 3 atom stereocenters. The average molecular weight is 560 g/mol. The summed E-state index contributed by atoms with van der Waals surface area (Å²) in [4.78, 5) is 24.5. The number of halogens is 5. The van der Waals surface area contributed by atoms with Crippen LogP contribution in [0.2, 0.25) is 0 Å². The number of nitrogens with zero attached hydrogens (tertiary/aromatic N) is 3. The largest absolute Gasteiger partial charge is 0.451 e. The van der Waals surface area contributed by atoms with Crippen molar-refractivity contribution in [2.45, 2.75) is 38.1 Å². The van der Waals surface area contributed by atoms with Crippen LogP contribution in [0.4, 0.5) is 27.8 Å². The summed E-state index contributed by atoms with van der Waals surface area (Å²) in [5.74, 6) is -9.74. The summed E-state index contributed by atoms with van der Waals surface area (Å²) < 4.78 is 75.5. The Morgan fingerprint density at radius 3 is 2.45 bits per heavy atom. The molecule has 2 aromatic carbocycles. The third kappa shape index (κ3) is 5.65. The number of aromatic nitrogens is 2. The van der Waals surface area contributed by atoms with Crippen LogP contribution >= 0.6 is 0 Å². The van der Waals surface area contributed by atoms with Gasteiger partial charge >= 0.3 is 0 Å². The second-order valence-corrected chi connectivity index (χ2v) is 9.40. The number of carbonyl (C=O) groups is 1. The van der Waals surface area contributed by atoms with E-state index in [4.69, 9.17) is 10.5 Å². The molecule has 1 saturated carbocycles. The second-order valence-electron chi connectivity index (χ2n) is 9.40. The highest BCUT2D eigenvalue weighted by atomic mass is 19.2. The van der Waals surface area contributed by atoms with Crippen molar-refractivity contribution in [2.75, 3.05) is 12.8 Å². The van der Waals surface area contributed by atoms with E-state index in [0.717, 1.165) is 25.0 Å². The molecule has 1 heterocycles. The Hall–Kier alpha value is -4.35. The molecule has 0 radical (unpaired) electrons. The van der Waals surface area contributed by atoms with E-state index in [2.05, 4.69) is 26.9 Å². The first-order valence-corrected chi connectivity index (χ1v) is 12.4. The SMILES string of the molecule is C=CC(=O)NC1CCC(C(C)c2ncnc(N)c2C(=NC)c2ccc(Oc3c(F)c(F)cc(F)c3F)cc2F)C1. The van der Waals surface area contributed by atoms with Crippen molar-refractivity contribution in [3.63, 3.8) is 0 Å². The fraction of sp³-hybridized carbons (Fsp3) is 0.286. The minimum absolute atomic E-state index is 0.0221. The topological polar surface area (TPSA) is 102 Å². The van der Waals surface area contributed by atoms with Crippen molar-refractivity contribution in [3.8, 4) is 11.5 Å². The maximum atomic E-state index is 15.4. The lowest BCUT2D eigenvalue weighted by Crippen LogP contribution is -2.31. The molecule has 40 heavy (non-hydrogen) atoms. The molecule has 3 unspecified atom stereocenters. The molecular weight excluding hydrogens is 533 g/mol. The molecule has 12 heteroatoms. The molecule has 7 nitrogen and oxygen atoms in total. The van der Waals surface area contributed by atoms with Gasteiger partial charge in [-0.15, -0.1) is 0 Å². The van der Waals surface area contributed by atoms with Gasteiger partial charge < -0.3 is 15.8 Å². The van der Waals surface area contributed by atoms with E-state index in [1.807, 2.05) is 6.92 Å². The van der Waals surface area contributed by atoms with Crippen LogP contribution in [-0.4, -0.2) is 34.7 Å². The van der Waals surface area contributed by atoms with Gasteiger partial charge in [0.05, 0.1) is 17.0 Å². The zero-order chi connectivity index (χ0) is 29.1. The van der Waals surface area contributed by atoms with Crippen LogP contribution in [0.15, 0.2) is 48.2 Å². The van der Waals surface area contributed by atoms with Crippen molar-refractivity contribution in [2.24, 2.45) is 10.9 Å². The minimum atomic E-state index is -1.76. The monoisotopic (exact) mass is 559 g/mol. The summed E-state index contributed by atoms with van der Waals surface area (Å²) >= 11 is 0. The van der Waals surface area contributed by atoms with Gasteiger partial charge in [0.2, 0.25) is 23.3 Å². The molecule has 210 valence electrons. The lowest BCUT2D eigenvalue weighted by atomic mass is 9.85. The molecule has 1 aliphatic rings. The van der Waals surface area contributed by atoms with Crippen LogP contribution in [0.1, 0.15) is 48.9 Å². The Balaban J connectivity index is 1.65. The number of aliphatic imine (C=N–C) groups is 1.